The number of aromatic nitrogens is 3. The number of pyridine rings is 3. The van der Waals surface area contributed by atoms with E-state index in [0.717, 1.165) is 78.7 Å². The molecule has 5 aromatic carbocycles. The van der Waals surface area contributed by atoms with Crippen LogP contribution in [0.5, 0.6) is 0 Å². The van der Waals surface area contributed by atoms with Crippen molar-refractivity contribution >= 4 is 0 Å². The molecule has 0 unspecified atom stereocenters. The predicted octanol–water partition coefficient (Wildman–Crippen LogP) is 11.5. The van der Waals surface area contributed by atoms with Crippen LogP contribution in [0.2, 0.25) is 0 Å². The number of nitrogens with zero attached hydrogens (tertiary/aromatic N) is 3. The number of benzene rings is 5. The highest BCUT2D eigenvalue weighted by Crippen LogP contribution is 2.35. The Balaban J connectivity index is 1.36. The van der Waals surface area contributed by atoms with E-state index in [-0.39, 0.29) is 0 Å². The molecule has 3 heterocycles. The third kappa shape index (κ3) is 6.18. The first-order valence-electron chi connectivity index (χ1n) is 16.1. The zero-order valence-electron chi connectivity index (χ0n) is 26.2. The van der Waals surface area contributed by atoms with Crippen LogP contribution in [0.15, 0.2) is 188 Å². The molecule has 0 aliphatic carbocycles. The van der Waals surface area contributed by atoms with Crippen LogP contribution in [-0.2, 0) is 0 Å². The van der Waals surface area contributed by atoms with Crippen LogP contribution in [0.25, 0.3) is 78.7 Å². The zero-order chi connectivity index (χ0) is 32.1. The van der Waals surface area contributed by atoms with E-state index >= 15 is 0 Å². The smallest absolute Gasteiger partial charge is 0.0901 e. The Morgan fingerprint density at radius 1 is 0.188 bits per heavy atom. The second kappa shape index (κ2) is 13.1. The van der Waals surface area contributed by atoms with Gasteiger partial charge in [0.2, 0.25) is 0 Å². The number of hydrogen-bond acceptors (Lipinski definition) is 3. The van der Waals surface area contributed by atoms with Gasteiger partial charge in [-0.15, -0.1) is 0 Å². The normalized spacial score (nSPS) is 10.9. The molecule has 0 radical (unpaired) electrons. The molecule has 226 valence electrons. The van der Waals surface area contributed by atoms with E-state index < -0.39 is 0 Å². The van der Waals surface area contributed by atoms with Gasteiger partial charge in [-0.25, -0.2) is 15.0 Å². The molecule has 0 bridgehead atoms. The molecule has 0 atom stereocenters. The lowest BCUT2D eigenvalue weighted by atomic mass is 9.98. The quantitative estimate of drug-likeness (QED) is 0.179. The maximum absolute atomic E-state index is 5.31. The van der Waals surface area contributed by atoms with Gasteiger partial charge in [-0.2, -0.15) is 0 Å². The van der Waals surface area contributed by atoms with Gasteiger partial charge >= 0.3 is 0 Å². The summed E-state index contributed by atoms with van der Waals surface area (Å²) < 4.78 is 0. The van der Waals surface area contributed by atoms with E-state index in [1.165, 1.54) is 0 Å². The fourth-order valence-electron chi connectivity index (χ4n) is 6.02. The molecule has 3 aromatic heterocycles. The summed E-state index contributed by atoms with van der Waals surface area (Å²) in [5.74, 6) is 0. The summed E-state index contributed by atoms with van der Waals surface area (Å²) in [6.45, 7) is 0. The Hall–Kier alpha value is -6.45. The van der Waals surface area contributed by atoms with E-state index in [1.807, 2.05) is 54.6 Å². The minimum Gasteiger partial charge on any atom is -0.246 e. The summed E-state index contributed by atoms with van der Waals surface area (Å²) in [5.41, 5.74) is 13.7. The van der Waals surface area contributed by atoms with Crippen molar-refractivity contribution in [1.82, 2.24) is 15.0 Å². The minimum atomic E-state index is 0.787. The molecule has 0 amide bonds. The molecular weight excluding hydrogens is 583 g/mol. The third-order valence-electron chi connectivity index (χ3n) is 8.46. The van der Waals surface area contributed by atoms with Crippen molar-refractivity contribution in [3.05, 3.63) is 188 Å². The zero-order valence-corrected chi connectivity index (χ0v) is 26.2. The van der Waals surface area contributed by atoms with Crippen LogP contribution in [-0.4, -0.2) is 15.0 Å². The van der Waals surface area contributed by atoms with Gasteiger partial charge in [-0.3, -0.25) is 0 Å². The minimum absolute atomic E-state index is 0.787. The first kappa shape index (κ1) is 29.0. The van der Waals surface area contributed by atoms with Gasteiger partial charge in [0.1, 0.15) is 0 Å². The number of hydrogen-bond donors (Lipinski definition) is 0. The van der Waals surface area contributed by atoms with Gasteiger partial charge in [0, 0.05) is 11.1 Å². The van der Waals surface area contributed by atoms with E-state index in [0.29, 0.717) is 0 Å². The fraction of sp³-hybridized carbons (Fsp3) is 0. The summed E-state index contributed by atoms with van der Waals surface area (Å²) in [6.07, 6.45) is 0. The molecule has 0 aliphatic heterocycles. The molecule has 0 saturated carbocycles. The lowest BCUT2D eigenvalue weighted by molar-refractivity contribution is 1.22. The van der Waals surface area contributed by atoms with E-state index in [2.05, 4.69) is 133 Å². The van der Waals surface area contributed by atoms with Crippen LogP contribution < -0.4 is 0 Å². The van der Waals surface area contributed by atoms with Crippen molar-refractivity contribution in [3.63, 3.8) is 0 Å². The second-order valence-corrected chi connectivity index (χ2v) is 11.7. The highest BCUT2D eigenvalue weighted by Gasteiger charge is 2.16. The highest BCUT2D eigenvalue weighted by molar-refractivity contribution is 5.81. The fourth-order valence-corrected chi connectivity index (χ4v) is 6.02. The lowest BCUT2D eigenvalue weighted by Gasteiger charge is -2.14. The monoisotopic (exact) mass is 613 g/mol. The van der Waals surface area contributed by atoms with E-state index in [4.69, 9.17) is 15.0 Å². The predicted molar refractivity (Wildman–Crippen MR) is 198 cm³/mol. The summed E-state index contributed by atoms with van der Waals surface area (Å²) in [7, 11) is 0. The Labute approximate surface area is 280 Å². The van der Waals surface area contributed by atoms with Gasteiger partial charge in [-0.1, -0.05) is 152 Å². The molecule has 0 fully saturated rings. The molecule has 0 saturated heterocycles. The molecule has 0 N–H and O–H groups in total. The van der Waals surface area contributed by atoms with Gasteiger partial charge < -0.3 is 0 Å². The van der Waals surface area contributed by atoms with Crippen LogP contribution in [0.1, 0.15) is 0 Å². The molecule has 3 nitrogen and oxygen atoms in total. The SMILES string of the molecule is c1ccc(-c2cc(-c3ccccc3)nc(-c3cc(-c4ccccc4)cc(-c4cc(-c5ccccc5)cc(-c5ccccc5)n4)n3)c2)cc1. The van der Waals surface area contributed by atoms with Gasteiger partial charge in [0.05, 0.1) is 34.2 Å². The average Bonchev–Trinajstić information content (AvgIpc) is 3.19. The van der Waals surface area contributed by atoms with Gasteiger partial charge in [0.15, 0.2) is 0 Å². The molecule has 0 spiro atoms. The standard InChI is InChI=1S/C45H31N3/c1-6-16-32(17-7-1)37-26-40(35-22-12-4-13-23-35)46-42(28-37)44-30-39(34-20-10-3-11-21-34)31-45(48-44)43-29-38(33-18-8-2-9-19-33)27-41(47-43)36-24-14-5-15-25-36/h1-31H. The van der Waals surface area contributed by atoms with Crippen molar-refractivity contribution in [1.29, 1.82) is 0 Å². The van der Waals surface area contributed by atoms with Crippen LogP contribution in [0.4, 0.5) is 0 Å². The molecule has 0 aliphatic rings. The topological polar surface area (TPSA) is 38.7 Å². The van der Waals surface area contributed by atoms with E-state index in [1.54, 1.807) is 0 Å². The summed E-state index contributed by atoms with van der Waals surface area (Å²) >= 11 is 0. The van der Waals surface area contributed by atoms with Gasteiger partial charge in [0.25, 0.3) is 0 Å². The average molecular weight is 614 g/mol. The highest BCUT2D eigenvalue weighted by atomic mass is 14.8. The van der Waals surface area contributed by atoms with Crippen molar-refractivity contribution in [2.24, 2.45) is 0 Å². The first-order chi connectivity index (χ1) is 23.8. The summed E-state index contributed by atoms with van der Waals surface area (Å²) in [5, 5.41) is 0. The summed E-state index contributed by atoms with van der Waals surface area (Å²) in [4.78, 5) is 15.7. The van der Waals surface area contributed by atoms with Gasteiger partial charge in [-0.05, 0) is 69.8 Å². The Bertz CT molecular complexity index is 2040. The lowest BCUT2D eigenvalue weighted by Crippen LogP contribution is -1.98. The van der Waals surface area contributed by atoms with Crippen LogP contribution in [0, 0.1) is 0 Å². The van der Waals surface area contributed by atoms with Crippen molar-refractivity contribution in [3.8, 4) is 78.7 Å². The summed E-state index contributed by atoms with van der Waals surface area (Å²) in [6, 6.07) is 64.9. The molecule has 8 rings (SSSR count). The van der Waals surface area contributed by atoms with Crippen molar-refractivity contribution in [2.45, 2.75) is 0 Å². The van der Waals surface area contributed by atoms with Crippen LogP contribution >= 0.6 is 0 Å². The first-order valence-corrected chi connectivity index (χ1v) is 16.1. The molecule has 8 aromatic rings. The maximum Gasteiger partial charge on any atom is 0.0901 e. The Morgan fingerprint density at radius 2 is 0.396 bits per heavy atom. The Kier molecular flexibility index (Phi) is 7.92. The van der Waals surface area contributed by atoms with Crippen molar-refractivity contribution in [2.75, 3.05) is 0 Å². The maximum atomic E-state index is 5.31. The molecular formula is C45H31N3. The molecule has 48 heavy (non-hydrogen) atoms. The Morgan fingerprint density at radius 3 is 0.667 bits per heavy atom. The molecule has 3 heteroatoms. The van der Waals surface area contributed by atoms with E-state index in [9.17, 15) is 0 Å². The third-order valence-corrected chi connectivity index (χ3v) is 8.46. The van der Waals surface area contributed by atoms with Crippen molar-refractivity contribution < 1.29 is 0 Å². The largest absolute Gasteiger partial charge is 0.246 e. The second-order valence-electron chi connectivity index (χ2n) is 11.7. The number of rotatable bonds is 7. The van der Waals surface area contributed by atoms with Crippen LogP contribution in [0.3, 0.4) is 0 Å².